The van der Waals surface area contributed by atoms with Gasteiger partial charge in [0.1, 0.15) is 0 Å². The Morgan fingerprint density at radius 1 is 1.38 bits per heavy atom. The molecular weight excluding hydrogens is 162 g/mol. The van der Waals surface area contributed by atoms with Gasteiger partial charge >= 0.3 is 0 Å². The number of hydrogen-bond acceptors (Lipinski definition) is 2. The van der Waals surface area contributed by atoms with Crippen molar-refractivity contribution in [1.82, 2.24) is 0 Å². The van der Waals surface area contributed by atoms with E-state index in [4.69, 9.17) is 4.74 Å². The highest BCUT2D eigenvalue weighted by atomic mass is 16.5. The number of rotatable bonds is 1. The summed E-state index contributed by atoms with van der Waals surface area (Å²) in [6.45, 7) is 7.69. The Labute approximate surface area is 81.4 Å². The van der Waals surface area contributed by atoms with Gasteiger partial charge in [-0.25, -0.2) is 0 Å². The van der Waals surface area contributed by atoms with Crippen molar-refractivity contribution in [3.05, 3.63) is 0 Å². The van der Waals surface area contributed by atoms with E-state index in [1.54, 1.807) is 7.11 Å². The van der Waals surface area contributed by atoms with Gasteiger partial charge in [-0.1, -0.05) is 20.8 Å². The van der Waals surface area contributed by atoms with Crippen LogP contribution in [0.3, 0.4) is 0 Å². The molecule has 0 aromatic rings. The molecule has 0 aliphatic carbocycles. The summed E-state index contributed by atoms with van der Waals surface area (Å²) in [5.74, 6) is 2.87. The summed E-state index contributed by atoms with van der Waals surface area (Å²) in [7, 11) is 1.74. The molecule has 0 aromatic heterocycles. The van der Waals surface area contributed by atoms with E-state index >= 15 is 0 Å². The smallest absolute Gasteiger partial charge is 0.186 e. The van der Waals surface area contributed by atoms with Crippen LogP contribution in [0.2, 0.25) is 0 Å². The molecule has 0 amide bonds. The summed E-state index contributed by atoms with van der Waals surface area (Å²) < 4.78 is 5.34. The van der Waals surface area contributed by atoms with Gasteiger partial charge in [0, 0.05) is 12.5 Å². The molecule has 0 saturated heterocycles. The van der Waals surface area contributed by atoms with Crippen LogP contribution in [0.15, 0.2) is 4.99 Å². The molecule has 2 atom stereocenters. The van der Waals surface area contributed by atoms with Crippen molar-refractivity contribution in [1.29, 1.82) is 0 Å². The first-order valence-corrected chi connectivity index (χ1v) is 5.23. The summed E-state index contributed by atoms with van der Waals surface area (Å²) in [4.78, 5) is 4.52. The molecule has 0 N–H and O–H groups in total. The first kappa shape index (κ1) is 10.6. The van der Waals surface area contributed by atoms with Crippen LogP contribution in [0.5, 0.6) is 0 Å². The van der Waals surface area contributed by atoms with E-state index in [1.165, 1.54) is 12.8 Å². The van der Waals surface area contributed by atoms with Gasteiger partial charge in [0.05, 0.1) is 7.11 Å². The maximum absolute atomic E-state index is 5.34. The van der Waals surface area contributed by atoms with E-state index < -0.39 is 0 Å². The quantitative estimate of drug-likeness (QED) is 0.612. The van der Waals surface area contributed by atoms with Crippen LogP contribution in [0.25, 0.3) is 0 Å². The average molecular weight is 183 g/mol. The van der Waals surface area contributed by atoms with Crippen LogP contribution in [0.1, 0.15) is 33.6 Å². The molecule has 2 nitrogen and oxygen atoms in total. The Hall–Kier alpha value is -0.530. The number of aliphatic imine (C=N–C) groups is 1. The van der Waals surface area contributed by atoms with Crippen molar-refractivity contribution in [2.75, 3.05) is 13.7 Å². The molecule has 0 unspecified atom stereocenters. The summed E-state index contributed by atoms with van der Waals surface area (Å²) in [6.07, 6.45) is 2.50. The van der Waals surface area contributed by atoms with Gasteiger partial charge in [-0.05, 0) is 24.7 Å². The van der Waals surface area contributed by atoms with Crippen molar-refractivity contribution < 1.29 is 4.74 Å². The SMILES string of the molecule is COC1=NC[C@@H](C)CC[C@@H]1C(C)C. The van der Waals surface area contributed by atoms with E-state index in [9.17, 15) is 0 Å². The second-order valence-electron chi connectivity index (χ2n) is 4.42. The fourth-order valence-electron chi connectivity index (χ4n) is 1.88. The third-order valence-corrected chi connectivity index (χ3v) is 2.86. The molecule has 0 fully saturated rings. The van der Waals surface area contributed by atoms with E-state index in [0.29, 0.717) is 17.8 Å². The highest BCUT2D eigenvalue weighted by Crippen LogP contribution is 2.25. The van der Waals surface area contributed by atoms with Gasteiger partial charge in [-0.3, -0.25) is 4.99 Å². The highest BCUT2D eigenvalue weighted by molar-refractivity contribution is 5.79. The van der Waals surface area contributed by atoms with Gasteiger partial charge in [-0.15, -0.1) is 0 Å². The van der Waals surface area contributed by atoms with E-state index in [1.807, 2.05) is 0 Å². The largest absolute Gasteiger partial charge is 0.484 e. The minimum Gasteiger partial charge on any atom is -0.484 e. The lowest BCUT2D eigenvalue weighted by Crippen LogP contribution is -2.21. The Morgan fingerprint density at radius 3 is 2.62 bits per heavy atom. The topological polar surface area (TPSA) is 21.6 Å². The maximum Gasteiger partial charge on any atom is 0.186 e. The molecule has 0 aromatic carbocycles. The summed E-state index contributed by atoms with van der Waals surface area (Å²) >= 11 is 0. The number of methoxy groups -OCH3 is 1. The molecular formula is C11H21NO. The second kappa shape index (κ2) is 4.64. The van der Waals surface area contributed by atoms with Crippen LogP contribution in [-0.2, 0) is 4.74 Å². The number of ether oxygens (including phenoxy) is 1. The Kier molecular flexibility index (Phi) is 3.76. The second-order valence-corrected chi connectivity index (χ2v) is 4.42. The molecule has 0 radical (unpaired) electrons. The molecule has 2 heteroatoms. The zero-order valence-electron chi connectivity index (χ0n) is 9.21. The number of hydrogen-bond donors (Lipinski definition) is 0. The Morgan fingerprint density at radius 2 is 2.08 bits per heavy atom. The fraction of sp³-hybridized carbons (Fsp3) is 0.909. The van der Waals surface area contributed by atoms with Crippen molar-refractivity contribution in [3.8, 4) is 0 Å². The Bertz CT molecular complexity index is 187. The van der Waals surface area contributed by atoms with Crippen molar-refractivity contribution in [3.63, 3.8) is 0 Å². The molecule has 0 bridgehead atoms. The zero-order valence-corrected chi connectivity index (χ0v) is 9.21. The van der Waals surface area contributed by atoms with Gasteiger partial charge in [-0.2, -0.15) is 0 Å². The molecule has 1 aliphatic rings. The van der Waals surface area contributed by atoms with Crippen molar-refractivity contribution >= 4 is 5.90 Å². The fourth-order valence-corrected chi connectivity index (χ4v) is 1.88. The highest BCUT2D eigenvalue weighted by Gasteiger charge is 2.24. The average Bonchev–Trinajstić information content (AvgIpc) is 2.26. The normalized spacial score (nSPS) is 29.8. The standard InChI is InChI=1S/C11H21NO/c1-8(2)10-6-5-9(3)7-12-11(10)13-4/h8-10H,5-7H2,1-4H3/t9-,10+/m0/s1. The van der Waals surface area contributed by atoms with Crippen molar-refractivity contribution in [2.24, 2.45) is 22.7 Å². The lowest BCUT2D eigenvalue weighted by Gasteiger charge is -2.19. The molecule has 13 heavy (non-hydrogen) atoms. The molecule has 0 spiro atoms. The predicted molar refractivity (Wildman–Crippen MR) is 56.0 cm³/mol. The zero-order chi connectivity index (χ0) is 9.84. The first-order chi connectivity index (χ1) is 6.15. The van der Waals surface area contributed by atoms with Crippen LogP contribution >= 0.6 is 0 Å². The third kappa shape index (κ3) is 2.71. The molecule has 1 heterocycles. The predicted octanol–water partition coefficient (Wildman–Crippen LogP) is 2.73. The monoisotopic (exact) mass is 183 g/mol. The third-order valence-electron chi connectivity index (χ3n) is 2.86. The lowest BCUT2D eigenvalue weighted by atomic mass is 9.89. The van der Waals surface area contributed by atoms with E-state index in [-0.39, 0.29) is 0 Å². The lowest BCUT2D eigenvalue weighted by molar-refractivity contribution is 0.323. The minimum atomic E-state index is 0.537. The van der Waals surface area contributed by atoms with E-state index in [2.05, 4.69) is 25.8 Å². The van der Waals surface area contributed by atoms with Crippen LogP contribution < -0.4 is 0 Å². The summed E-state index contributed by atoms with van der Waals surface area (Å²) in [5, 5.41) is 0. The minimum absolute atomic E-state index is 0.537. The van der Waals surface area contributed by atoms with Crippen LogP contribution in [0, 0.1) is 17.8 Å². The first-order valence-electron chi connectivity index (χ1n) is 5.23. The van der Waals surface area contributed by atoms with Crippen LogP contribution in [-0.4, -0.2) is 19.6 Å². The van der Waals surface area contributed by atoms with Crippen LogP contribution in [0.4, 0.5) is 0 Å². The van der Waals surface area contributed by atoms with Gasteiger partial charge < -0.3 is 4.74 Å². The van der Waals surface area contributed by atoms with E-state index in [0.717, 1.165) is 12.4 Å². The summed E-state index contributed by atoms with van der Waals surface area (Å²) in [5.41, 5.74) is 0. The maximum atomic E-state index is 5.34. The number of nitrogens with zero attached hydrogens (tertiary/aromatic N) is 1. The van der Waals surface area contributed by atoms with Gasteiger partial charge in [0.15, 0.2) is 5.90 Å². The summed E-state index contributed by atoms with van der Waals surface area (Å²) in [6, 6.07) is 0. The molecule has 76 valence electrons. The van der Waals surface area contributed by atoms with Crippen molar-refractivity contribution in [2.45, 2.75) is 33.6 Å². The molecule has 1 rings (SSSR count). The van der Waals surface area contributed by atoms with Gasteiger partial charge in [0.2, 0.25) is 0 Å². The Balaban J connectivity index is 2.70. The molecule has 1 aliphatic heterocycles. The molecule has 0 saturated carbocycles. The van der Waals surface area contributed by atoms with Gasteiger partial charge in [0.25, 0.3) is 0 Å².